The number of pyridine rings is 1. The minimum Gasteiger partial charge on any atom is -0.497 e. The Balaban J connectivity index is 1.33. The quantitative estimate of drug-likeness (QED) is 0.407. The third-order valence-electron chi connectivity index (χ3n) is 6.75. The monoisotopic (exact) mass is 499 g/mol. The zero-order valence-corrected chi connectivity index (χ0v) is 21.0. The lowest BCUT2D eigenvalue weighted by atomic mass is 10.1. The molecule has 9 nitrogen and oxygen atoms in total. The molecular weight excluding hydrogens is 470 g/mol. The van der Waals surface area contributed by atoms with Crippen molar-refractivity contribution in [1.82, 2.24) is 24.1 Å². The molecule has 3 aliphatic heterocycles. The first-order valence-corrected chi connectivity index (χ1v) is 12.4. The van der Waals surface area contributed by atoms with Gasteiger partial charge in [-0.15, -0.1) is 0 Å². The van der Waals surface area contributed by atoms with Gasteiger partial charge in [0.05, 0.1) is 30.3 Å². The summed E-state index contributed by atoms with van der Waals surface area (Å²) in [5.74, 6) is 0.592. The summed E-state index contributed by atoms with van der Waals surface area (Å²) in [6, 6.07) is 16.6. The van der Waals surface area contributed by atoms with Gasteiger partial charge in [-0.25, -0.2) is 0 Å². The van der Waals surface area contributed by atoms with Crippen molar-refractivity contribution in [3.05, 3.63) is 88.5 Å². The second kappa shape index (κ2) is 10.3. The normalized spacial score (nSPS) is 13.7. The van der Waals surface area contributed by atoms with Gasteiger partial charge in [0, 0.05) is 45.1 Å². The van der Waals surface area contributed by atoms with Crippen LogP contribution in [0.2, 0.25) is 0 Å². The lowest BCUT2D eigenvalue weighted by molar-refractivity contribution is -0.131. The number of amides is 2. The molecule has 9 heteroatoms. The SMILES string of the molecule is CCn1cc(C(=O)N2CCN(C(=O)Cc3ccc(OC)cc3)CC2)c2nn(-c3ccccc3)c(=O)c-2c1. The van der Waals surface area contributed by atoms with E-state index in [0.717, 1.165) is 11.3 Å². The second-order valence-electron chi connectivity index (χ2n) is 9.01. The molecule has 0 N–H and O–H groups in total. The van der Waals surface area contributed by atoms with E-state index in [9.17, 15) is 14.4 Å². The van der Waals surface area contributed by atoms with E-state index in [2.05, 4.69) is 5.10 Å². The highest BCUT2D eigenvalue weighted by molar-refractivity contribution is 6.00. The number of fused-ring (bicyclic) bond motifs is 1. The number of carbonyl (C=O) groups excluding carboxylic acids is 2. The van der Waals surface area contributed by atoms with Crippen LogP contribution in [0.15, 0.2) is 71.8 Å². The van der Waals surface area contributed by atoms with Crippen LogP contribution in [0.1, 0.15) is 22.8 Å². The van der Waals surface area contributed by atoms with Gasteiger partial charge in [0.25, 0.3) is 11.5 Å². The maximum atomic E-state index is 13.6. The fraction of sp³-hybridized carbons (Fsp3) is 0.286. The lowest BCUT2D eigenvalue weighted by Gasteiger charge is -2.35. The first-order chi connectivity index (χ1) is 18.0. The molecule has 0 atom stereocenters. The van der Waals surface area contributed by atoms with Crippen molar-refractivity contribution in [2.75, 3.05) is 33.3 Å². The number of piperazine rings is 1. The summed E-state index contributed by atoms with van der Waals surface area (Å²) in [4.78, 5) is 43.1. The number of aryl methyl sites for hydroxylation is 1. The summed E-state index contributed by atoms with van der Waals surface area (Å²) < 4.78 is 8.36. The van der Waals surface area contributed by atoms with E-state index in [-0.39, 0.29) is 17.4 Å². The van der Waals surface area contributed by atoms with Gasteiger partial charge in [0.2, 0.25) is 5.91 Å². The van der Waals surface area contributed by atoms with E-state index in [0.29, 0.717) is 61.7 Å². The fourth-order valence-corrected chi connectivity index (χ4v) is 4.60. The van der Waals surface area contributed by atoms with Crippen molar-refractivity contribution >= 4 is 11.8 Å². The number of hydrogen-bond acceptors (Lipinski definition) is 5. The van der Waals surface area contributed by atoms with Crippen molar-refractivity contribution in [2.45, 2.75) is 19.9 Å². The molecule has 0 bridgehead atoms. The van der Waals surface area contributed by atoms with Crippen LogP contribution in [0, 0.1) is 0 Å². The highest BCUT2D eigenvalue weighted by Crippen LogP contribution is 2.24. The van der Waals surface area contributed by atoms with Gasteiger partial charge < -0.3 is 19.1 Å². The molecular formula is C28H29N5O4. The molecule has 5 rings (SSSR count). The molecule has 0 unspecified atom stereocenters. The molecule has 3 heterocycles. The summed E-state index contributed by atoms with van der Waals surface area (Å²) in [5, 5.41) is 4.55. The molecule has 0 radical (unpaired) electrons. The van der Waals surface area contributed by atoms with Gasteiger partial charge in [0.15, 0.2) is 0 Å². The van der Waals surface area contributed by atoms with Crippen LogP contribution >= 0.6 is 0 Å². The Morgan fingerprint density at radius 1 is 0.919 bits per heavy atom. The van der Waals surface area contributed by atoms with Crippen molar-refractivity contribution in [1.29, 1.82) is 0 Å². The van der Waals surface area contributed by atoms with Gasteiger partial charge in [-0.3, -0.25) is 14.4 Å². The second-order valence-corrected chi connectivity index (χ2v) is 9.01. The highest BCUT2D eigenvalue weighted by atomic mass is 16.5. The standard InChI is InChI=1S/C28H29N5O4/c1-3-30-18-23(26-24(19-30)28(36)33(29-26)21-7-5-4-6-8-21)27(35)32-15-13-31(14-16-32)25(34)17-20-9-11-22(37-2)12-10-20/h4-12,18-19H,3,13-17H2,1-2H3. The van der Waals surface area contributed by atoms with Crippen LogP contribution in [-0.2, 0) is 17.8 Å². The number of methoxy groups -OCH3 is 1. The van der Waals surface area contributed by atoms with Crippen molar-refractivity contribution < 1.29 is 14.3 Å². The molecule has 0 aromatic heterocycles. The van der Waals surface area contributed by atoms with Crippen LogP contribution in [0.25, 0.3) is 16.9 Å². The summed E-state index contributed by atoms with van der Waals surface area (Å²) in [6.07, 6.45) is 3.81. The summed E-state index contributed by atoms with van der Waals surface area (Å²) >= 11 is 0. The summed E-state index contributed by atoms with van der Waals surface area (Å²) in [7, 11) is 1.61. The predicted molar refractivity (Wildman–Crippen MR) is 139 cm³/mol. The van der Waals surface area contributed by atoms with E-state index >= 15 is 0 Å². The number of aromatic nitrogens is 3. The van der Waals surface area contributed by atoms with Crippen LogP contribution in [0.5, 0.6) is 5.75 Å². The van der Waals surface area contributed by atoms with Crippen molar-refractivity contribution in [3.8, 4) is 22.7 Å². The largest absolute Gasteiger partial charge is 0.497 e. The molecule has 0 spiro atoms. The van der Waals surface area contributed by atoms with Crippen LogP contribution in [0.3, 0.4) is 0 Å². The molecule has 2 amide bonds. The predicted octanol–water partition coefficient (Wildman–Crippen LogP) is 2.69. The van der Waals surface area contributed by atoms with E-state index in [4.69, 9.17) is 4.74 Å². The van der Waals surface area contributed by atoms with E-state index in [1.165, 1.54) is 4.68 Å². The number of carbonyl (C=O) groups is 2. The Morgan fingerprint density at radius 2 is 1.59 bits per heavy atom. The van der Waals surface area contributed by atoms with Crippen molar-refractivity contribution in [3.63, 3.8) is 0 Å². The highest BCUT2D eigenvalue weighted by Gasteiger charge is 2.30. The number of rotatable bonds is 6. The molecule has 3 aliphatic rings. The molecule has 190 valence electrons. The Hall–Kier alpha value is -4.40. The molecule has 37 heavy (non-hydrogen) atoms. The Kier molecular flexibility index (Phi) is 6.76. The third-order valence-corrected chi connectivity index (χ3v) is 6.75. The van der Waals surface area contributed by atoms with E-state index in [1.807, 2.05) is 66.1 Å². The van der Waals surface area contributed by atoms with E-state index in [1.54, 1.807) is 29.3 Å². The van der Waals surface area contributed by atoms with E-state index < -0.39 is 0 Å². The topological polar surface area (TPSA) is 89.7 Å². The number of benzene rings is 2. The summed E-state index contributed by atoms with van der Waals surface area (Å²) in [6.45, 7) is 4.31. The first-order valence-electron chi connectivity index (χ1n) is 12.4. The number of hydrogen-bond donors (Lipinski definition) is 0. The summed E-state index contributed by atoms with van der Waals surface area (Å²) in [5.41, 5.74) is 2.50. The number of para-hydroxylation sites is 1. The fourth-order valence-electron chi connectivity index (χ4n) is 4.60. The molecule has 2 aromatic carbocycles. The third kappa shape index (κ3) is 4.84. The van der Waals surface area contributed by atoms with Gasteiger partial charge >= 0.3 is 0 Å². The Morgan fingerprint density at radius 3 is 2.24 bits per heavy atom. The number of ether oxygens (including phenoxy) is 1. The minimum absolute atomic E-state index is 0.0285. The van der Waals surface area contributed by atoms with Crippen LogP contribution in [0.4, 0.5) is 0 Å². The van der Waals surface area contributed by atoms with Crippen LogP contribution < -0.4 is 10.3 Å². The van der Waals surface area contributed by atoms with Gasteiger partial charge in [-0.05, 0) is 36.8 Å². The van der Waals surface area contributed by atoms with Crippen LogP contribution in [-0.4, -0.2) is 69.3 Å². The van der Waals surface area contributed by atoms with Gasteiger partial charge in [0.1, 0.15) is 11.4 Å². The molecule has 0 saturated carbocycles. The molecule has 1 fully saturated rings. The first kappa shape index (κ1) is 24.3. The average molecular weight is 500 g/mol. The number of nitrogens with zero attached hydrogens (tertiary/aromatic N) is 5. The molecule has 2 aromatic rings. The van der Waals surface area contributed by atoms with Gasteiger partial charge in [-0.2, -0.15) is 9.78 Å². The molecule has 0 aliphatic carbocycles. The maximum absolute atomic E-state index is 13.6. The van der Waals surface area contributed by atoms with Gasteiger partial charge in [-0.1, -0.05) is 30.3 Å². The average Bonchev–Trinajstić information content (AvgIpc) is 3.29. The molecule has 1 saturated heterocycles. The zero-order chi connectivity index (χ0) is 25.9. The maximum Gasteiger partial charge on any atom is 0.282 e. The Bertz CT molecular complexity index is 1430. The lowest BCUT2D eigenvalue weighted by Crippen LogP contribution is -2.51. The smallest absolute Gasteiger partial charge is 0.282 e. The van der Waals surface area contributed by atoms with Crippen molar-refractivity contribution in [2.24, 2.45) is 0 Å². The Labute approximate surface area is 214 Å². The zero-order valence-electron chi connectivity index (χ0n) is 21.0. The minimum atomic E-state index is -0.257.